The van der Waals surface area contributed by atoms with Crippen molar-refractivity contribution in [2.24, 2.45) is 0 Å². The second-order valence-electron chi connectivity index (χ2n) is 8.86. The molecule has 1 aromatic heterocycles. The molecular formula is C22H37N5O3S. The Bertz CT molecular complexity index is 822. The molecule has 31 heavy (non-hydrogen) atoms. The smallest absolute Gasteiger partial charge is 0.242 e. The highest BCUT2D eigenvalue weighted by Crippen LogP contribution is 2.19. The van der Waals surface area contributed by atoms with Crippen molar-refractivity contribution in [3.05, 3.63) is 18.3 Å². The topological polar surface area (TPSA) is 85.8 Å². The number of piperidine rings is 1. The number of piperazine rings is 1. The van der Waals surface area contributed by atoms with E-state index < -0.39 is 10.0 Å². The second-order valence-corrected chi connectivity index (χ2v) is 10.6. The van der Waals surface area contributed by atoms with Gasteiger partial charge < -0.3 is 9.80 Å². The molecule has 0 aromatic carbocycles. The Kier molecular flexibility index (Phi) is 8.30. The number of nitrogens with zero attached hydrogens (tertiary/aromatic N) is 4. The molecule has 2 aliphatic heterocycles. The van der Waals surface area contributed by atoms with Crippen LogP contribution < -0.4 is 9.62 Å². The zero-order valence-electron chi connectivity index (χ0n) is 19.1. The molecule has 2 unspecified atom stereocenters. The number of sulfonamides is 1. The Hall–Kier alpha value is -1.71. The van der Waals surface area contributed by atoms with E-state index in [9.17, 15) is 13.2 Å². The van der Waals surface area contributed by atoms with Crippen LogP contribution in [0.15, 0.2) is 23.2 Å². The van der Waals surface area contributed by atoms with Gasteiger partial charge in [-0.3, -0.25) is 9.69 Å². The van der Waals surface area contributed by atoms with Gasteiger partial charge in [-0.15, -0.1) is 0 Å². The fourth-order valence-corrected chi connectivity index (χ4v) is 5.65. The third-order valence-electron chi connectivity index (χ3n) is 6.29. The van der Waals surface area contributed by atoms with Crippen LogP contribution in [0.2, 0.25) is 0 Å². The van der Waals surface area contributed by atoms with E-state index in [2.05, 4.69) is 26.4 Å². The van der Waals surface area contributed by atoms with Gasteiger partial charge in [0.25, 0.3) is 0 Å². The summed E-state index contributed by atoms with van der Waals surface area (Å²) in [5, 5.41) is 0. The first-order valence-corrected chi connectivity index (χ1v) is 13.0. The van der Waals surface area contributed by atoms with Crippen LogP contribution in [0.25, 0.3) is 0 Å². The van der Waals surface area contributed by atoms with Crippen LogP contribution in [0.4, 0.5) is 5.82 Å². The van der Waals surface area contributed by atoms with E-state index in [1.54, 1.807) is 12.1 Å². The molecular weight excluding hydrogens is 414 g/mol. The lowest BCUT2D eigenvalue weighted by Crippen LogP contribution is -2.52. The van der Waals surface area contributed by atoms with E-state index in [-0.39, 0.29) is 16.8 Å². The van der Waals surface area contributed by atoms with Gasteiger partial charge >= 0.3 is 0 Å². The summed E-state index contributed by atoms with van der Waals surface area (Å²) >= 11 is 0. The number of carbonyl (C=O) groups is 1. The Morgan fingerprint density at radius 2 is 1.94 bits per heavy atom. The van der Waals surface area contributed by atoms with Crippen molar-refractivity contribution in [1.29, 1.82) is 0 Å². The van der Waals surface area contributed by atoms with Gasteiger partial charge in [-0.2, -0.15) is 0 Å². The SMILES string of the molecule is CCCC(C)NS(=O)(=O)c1ccc(N2CCN(CC(=O)N3CCCCC3C)CC2)nc1. The maximum absolute atomic E-state index is 12.7. The highest BCUT2D eigenvalue weighted by Gasteiger charge is 2.26. The number of pyridine rings is 1. The Morgan fingerprint density at radius 1 is 1.19 bits per heavy atom. The quantitative estimate of drug-likeness (QED) is 0.651. The van der Waals surface area contributed by atoms with E-state index in [0.717, 1.165) is 64.2 Å². The molecule has 1 N–H and O–H groups in total. The molecule has 2 fully saturated rings. The molecule has 0 aliphatic carbocycles. The van der Waals surface area contributed by atoms with Gasteiger partial charge in [0.1, 0.15) is 10.7 Å². The lowest BCUT2D eigenvalue weighted by molar-refractivity contribution is -0.135. The molecule has 8 nitrogen and oxygen atoms in total. The average molecular weight is 452 g/mol. The fraction of sp³-hybridized carbons (Fsp3) is 0.727. The summed E-state index contributed by atoms with van der Waals surface area (Å²) in [5.74, 6) is 1.01. The Morgan fingerprint density at radius 3 is 2.55 bits per heavy atom. The normalized spacial score (nSPS) is 21.8. The van der Waals surface area contributed by atoms with Crippen molar-refractivity contribution in [1.82, 2.24) is 19.5 Å². The van der Waals surface area contributed by atoms with Crippen molar-refractivity contribution >= 4 is 21.7 Å². The van der Waals surface area contributed by atoms with Crippen molar-refractivity contribution in [3.8, 4) is 0 Å². The van der Waals surface area contributed by atoms with Crippen LogP contribution in [-0.4, -0.2) is 80.5 Å². The van der Waals surface area contributed by atoms with Crippen molar-refractivity contribution in [2.45, 2.75) is 69.9 Å². The molecule has 1 amide bonds. The first-order chi connectivity index (χ1) is 14.8. The minimum Gasteiger partial charge on any atom is -0.354 e. The van der Waals surface area contributed by atoms with Crippen LogP contribution in [0.5, 0.6) is 0 Å². The number of nitrogens with one attached hydrogen (secondary N) is 1. The predicted octanol–water partition coefficient (Wildman–Crippen LogP) is 2.07. The van der Waals surface area contributed by atoms with Crippen LogP contribution in [0, 0.1) is 0 Å². The largest absolute Gasteiger partial charge is 0.354 e. The zero-order valence-corrected chi connectivity index (χ0v) is 19.9. The number of anilines is 1. The molecule has 9 heteroatoms. The van der Waals surface area contributed by atoms with E-state index in [4.69, 9.17) is 0 Å². The lowest BCUT2D eigenvalue weighted by Gasteiger charge is -2.38. The summed E-state index contributed by atoms with van der Waals surface area (Å²) in [6.07, 6.45) is 6.58. The van der Waals surface area contributed by atoms with Crippen LogP contribution >= 0.6 is 0 Å². The van der Waals surface area contributed by atoms with Crippen LogP contribution in [0.1, 0.15) is 52.9 Å². The van der Waals surface area contributed by atoms with Gasteiger partial charge in [0.05, 0.1) is 6.54 Å². The van der Waals surface area contributed by atoms with Gasteiger partial charge in [0, 0.05) is 51.0 Å². The van der Waals surface area contributed by atoms with Crippen LogP contribution in [0.3, 0.4) is 0 Å². The molecule has 1 aromatic rings. The molecule has 3 heterocycles. The molecule has 174 valence electrons. The van der Waals surface area contributed by atoms with Crippen molar-refractivity contribution in [3.63, 3.8) is 0 Å². The standard InChI is InChI=1S/C22H37N5O3S/c1-4-7-18(2)24-31(29,30)20-9-10-21(23-16-20)26-14-12-25(13-15-26)17-22(28)27-11-6-5-8-19(27)3/h9-10,16,18-19,24H,4-8,11-15,17H2,1-3H3. The van der Waals surface area contributed by atoms with E-state index >= 15 is 0 Å². The van der Waals surface area contributed by atoms with Crippen molar-refractivity contribution < 1.29 is 13.2 Å². The minimum atomic E-state index is -3.55. The Labute approximate surface area is 187 Å². The summed E-state index contributed by atoms with van der Waals surface area (Å²) < 4.78 is 27.7. The summed E-state index contributed by atoms with van der Waals surface area (Å²) in [5.41, 5.74) is 0. The monoisotopic (exact) mass is 451 g/mol. The number of hydrogen-bond donors (Lipinski definition) is 1. The second kappa shape index (κ2) is 10.7. The molecule has 0 bridgehead atoms. The van der Waals surface area contributed by atoms with Gasteiger partial charge in [0.2, 0.25) is 15.9 Å². The lowest BCUT2D eigenvalue weighted by atomic mass is 10.0. The maximum atomic E-state index is 12.7. The highest BCUT2D eigenvalue weighted by molar-refractivity contribution is 7.89. The molecule has 0 spiro atoms. The molecule has 0 radical (unpaired) electrons. The third kappa shape index (κ3) is 6.40. The van der Waals surface area contributed by atoms with Crippen molar-refractivity contribution in [2.75, 3.05) is 44.2 Å². The van der Waals surface area contributed by atoms with E-state index in [0.29, 0.717) is 12.6 Å². The summed E-state index contributed by atoms with van der Waals surface area (Å²) in [6.45, 7) is 10.5. The predicted molar refractivity (Wildman–Crippen MR) is 123 cm³/mol. The third-order valence-corrected chi connectivity index (χ3v) is 7.86. The van der Waals surface area contributed by atoms with Gasteiger partial charge in [-0.1, -0.05) is 13.3 Å². The van der Waals surface area contributed by atoms with Gasteiger partial charge in [-0.25, -0.2) is 18.1 Å². The number of likely N-dealkylation sites (tertiary alicyclic amines) is 1. The molecule has 3 rings (SSSR count). The summed E-state index contributed by atoms with van der Waals surface area (Å²) in [6, 6.07) is 3.64. The zero-order chi connectivity index (χ0) is 22.4. The first kappa shape index (κ1) is 23.9. The number of rotatable bonds is 8. The fourth-order valence-electron chi connectivity index (χ4n) is 4.43. The van der Waals surface area contributed by atoms with E-state index in [1.165, 1.54) is 12.6 Å². The number of carbonyl (C=O) groups excluding carboxylic acids is 1. The molecule has 2 aliphatic rings. The highest BCUT2D eigenvalue weighted by atomic mass is 32.2. The van der Waals surface area contributed by atoms with Crippen LogP contribution in [-0.2, 0) is 14.8 Å². The first-order valence-electron chi connectivity index (χ1n) is 11.6. The minimum absolute atomic E-state index is 0.0987. The number of hydrogen-bond acceptors (Lipinski definition) is 6. The number of aromatic nitrogens is 1. The summed E-state index contributed by atoms with van der Waals surface area (Å²) in [4.78, 5) is 23.7. The molecule has 2 saturated heterocycles. The maximum Gasteiger partial charge on any atom is 0.242 e. The molecule has 0 saturated carbocycles. The molecule has 2 atom stereocenters. The van der Waals surface area contributed by atoms with Gasteiger partial charge in [-0.05, 0) is 51.7 Å². The van der Waals surface area contributed by atoms with Gasteiger partial charge in [0.15, 0.2) is 0 Å². The number of amides is 1. The van der Waals surface area contributed by atoms with E-state index in [1.807, 2.05) is 18.7 Å². The summed E-state index contributed by atoms with van der Waals surface area (Å²) in [7, 11) is -3.55. The average Bonchev–Trinajstić information content (AvgIpc) is 2.74. The Balaban J connectivity index is 1.51.